The van der Waals surface area contributed by atoms with Gasteiger partial charge in [0.1, 0.15) is 0 Å². The SMILES string of the molecule is N#CCc1ccc(=O)[nH]c1F. The average molecular weight is 152 g/mol. The van der Waals surface area contributed by atoms with Crippen LogP contribution < -0.4 is 5.56 Å². The quantitative estimate of drug-likeness (QED) is 0.598. The number of H-pyrrole nitrogens is 1. The van der Waals surface area contributed by atoms with Crippen molar-refractivity contribution in [3.63, 3.8) is 0 Å². The van der Waals surface area contributed by atoms with Crippen molar-refractivity contribution in [2.75, 3.05) is 0 Å². The fraction of sp³-hybridized carbons (Fsp3) is 0.143. The summed E-state index contributed by atoms with van der Waals surface area (Å²) < 4.78 is 12.6. The first-order valence-corrected chi connectivity index (χ1v) is 2.98. The number of nitrogens with one attached hydrogen (secondary N) is 1. The summed E-state index contributed by atoms with van der Waals surface area (Å²) >= 11 is 0. The Labute approximate surface area is 62.1 Å². The summed E-state index contributed by atoms with van der Waals surface area (Å²) in [6, 6.07) is 4.28. The molecule has 0 amide bonds. The topological polar surface area (TPSA) is 56.6 Å². The van der Waals surface area contributed by atoms with E-state index in [1.807, 2.05) is 4.98 Å². The molecule has 0 bridgehead atoms. The zero-order chi connectivity index (χ0) is 8.27. The number of aromatic nitrogens is 1. The van der Waals surface area contributed by atoms with Crippen LogP contribution in [0.4, 0.5) is 4.39 Å². The molecule has 0 spiro atoms. The van der Waals surface area contributed by atoms with Gasteiger partial charge in [0.15, 0.2) is 5.95 Å². The molecule has 56 valence electrons. The lowest BCUT2D eigenvalue weighted by Crippen LogP contribution is -2.07. The summed E-state index contributed by atoms with van der Waals surface area (Å²) in [6.07, 6.45) is -0.0252. The molecule has 0 saturated carbocycles. The fourth-order valence-corrected chi connectivity index (χ4v) is 0.701. The highest BCUT2D eigenvalue weighted by Crippen LogP contribution is 2.00. The monoisotopic (exact) mass is 152 g/mol. The smallest absolute Gasteiger partial charge is 0.250 e. The Morgan fingerprint density at radius 3 is 2.91 bits per heavy atom. The Kier molecular flexibility index (Phi) is 2.02. The molecular weight excluding hydrogens is 147 g/mol. The Hall–Kier alpha value is -1.63. The lowest BCUT2D eigenvalue weighted by Gasteiger charge is -1.93. The van der Waals surface area contributed by atoms with Crippen molar-refractivity contribution >= 4 is 0 Å². The van der Waals surface area contributed by atoms with Crippen molar-refractivity contribution in [3.05, 3.63) is 34.0 Å². The minimum atomic E-state index is -0.723. The highest BCUT2D eigenvalue weighted by atomic mass is 19.1. The van der Waals surface area contributed by atoms with Gasteiger partial charge in [-0.25, -0.2) is 0 Å². The normalized spacial score (nSPS) is 9.09. The van der Waals surface area contributed by atoms with Crippen molar-refractivity contribution in [2.24, 2.45) is 0 Å². The van der Waals surface area contributed by atoms with Crippen LogP contribution >= 0.6 is 0 Å². The highest BCUT2D eigenvalue weighted by Gasteiger charge is 2.00. The molecule has 0 atom stereocenters. The van der Waals surface area contributed by atoms with Gasteiger partial charge in [-0.1, -0.05) is 0 Å². The van der Waals surface area contributed by atoms with E-state index in [1.54, 1.807) is 6.07 Å². The first-order chi connectivity index (χ1) is 5.24. The summed E-state index contributed by atoms with van der Waals surface area (Å²) in [6.45, 7) is 0. The Morgan fingerprint density at radius 2 is 2.36 bits per heavy atom. The number of pyridine rings is 1. The van der Waals surface area contributed by atoms with Gasteiger partial charge in [0.2, 0.25) is 5.56 Å². The van der Waals surface area contributed by atoms with Crippen molar-refractivity contribution in [1.29, 1.82) is 5.26 Å². The molecule has 0 aliphatic carbocycles. The number of nitrogens with zero attached hydrogens (tertiary/aromatic N) is 1. The van der Waals surface area contributed by atoms with E-state index in [-0.39, 0.29) is 12.0 Å². The fourth-order valence-electron chi connectivity index (χ4n) is 0.701. The molecule has 3 nitrogen and oxygen atoms in total. The highest BCUT2D eigenvalue weighted by molar-refractivity contribution is 5.14. The van der Waals surface area contributed by atoms with Gasteiger partial charge in [-0.05, 0) is 6.07 Å². The second-order valence-electron chi connectivity index (χ2n) is 2.00. The van der Waals surface area contributed by atoms with Crippen LogP contribution in [0.15, 0.2) is 16.9 Å². The van der Waals surface area contributed by atoms with Crippen LogP contribution in [0.3, 0.4) is 0 Å². The molecular formula is C7H5FN2O. The maximum atomic E-state index is 12.6. The number of hydrogen-bond donors (Lipinski definition) is 1. The standard InChI is InChI=1S/C7H5FN2O/c8-7-5(3-4-9)1-2-6(11)10-7/h1-2H,3H2,(H,10,11). The summed E-state index contributed by atoms with van der Waals surface area (Å²) in [5.74, 6) is -0.723. The van der Waals surface area contributed by atoms with E-state index in [2.05, 4.69) is 0 Å². The van der Waals surface area contributed by atoms with Crippen molar-refractivity contribution in [3.8, 4) is 6.07 Å². The van der Waals surface area contributed by atoms with Crippen LogP contribution in [0.1, 0.15) is 5.56 Å². The summed E-state index contributed by atoms with van der Waals surface area (Å²) in [4.78, 5) is 12.4. The van der Waals surface area contributed by atoms with E-state index < -0.39 is 11.5 Å². The van der Waals surface area contributed by atoms with E-state index >= 15 is 0 Å². The van der Waals surface area contributed by atoms with Crippen LogP contribution in [0.2, 0.25) is 0 Å². The molecule has 0 fully saturated rings. The third-order valence-electron chi connectivity index (χ3n) is 1.22. The molecule has 0 saturated heterocycles. The third kappa shape index (κ3) is 1.64. The molecule has 0 unspecified atom stereocenters. The van der Waals surface area contributed by atoms with Gasteiger partial charge in [-0.2, -0.15) is 9.65 Å². The van der Waals surface area contributed by atoms with Crippen LogP contribution in [-0.2, 0) is 6.42 Å². The summed E-state index contributed by atoms with van der Waals surface area (Å²) in [7, 11) is 0. The molecule has 4 heteroatoms. The van der Waals surface area contributed by atoms with Crippen molar-refractivity contribution in [1.82, 2.24) is 4.98 Å². The van der Waals surface area contributed by atoms with Crippen LogP contribution in [0.5, 0.6) is 0 Å². The molecule has 0 aromatic carbocycles. The van der Waals surface area contributed by atoms with Gasteiger partial charge in [0.25, 0.3) is 0 Å². The molecule has 0 radical (unpaired) electrons. The third-order valence-corrected chi connectivity index (χ3v) is 1.22. The number of rotatable bonds is 1. The van der Waals surface area contributed by atoms with E-state index in [0.717, 1.165) is 0 Å². The zero-order valence-corrected chi connectivity index (χ0v) is 5.60. The van der Waals surface area contributed by atoms with Gasteiger partial charge in [0.05, 0.1) is 12.5 Å². The number of nitriles is 1. The van der Waals surface area contributed by atoms with Gasteiger partial charge in [-0.15, -0.1) is 0 Å². The molecule has 1 rings (SSSR count). The van der Waals surface area contributed by atoms with E-state index in [9.17, 15) is 9.18 Å². The molecule has 0 aliphatic heterocycles. The second kappa shape index (κ2) is 2.97. The molecule has 11 heavy (non-hydrogen) atoms. The number of halogens is 1. The van der Waals surface area contributed by atoms with Crippen molar-refractivity contribution in [2.45, 2.75) is 6.42 Å². The molecule has 1 heterocycles. The molecule has 1 aromatic rings. The maximum Gasteiger partial charge on any atom is 0.250 e. The van der Waals surface area contributed by atoms with Gasteiger partial charge < -0.3 is 0 Å². The van der Waals surface area contributed by atoms with E-state index in [0.29, 0.717) is 0 Å². The minimum Gasteiger partial charge on any atom is -0.299 e. The van der Waals surface area contributed by atoms with E-state index in [4.69, 9.17) is 5.26 Å². The summed E-state index contributed by atoms with van der Waals surface area (Å²) in [5, 5.41) is 8.20. The van der Waals surface area contributed by atoms with Gasteiger partial charge in [0, 0.05) is 11.6 Å². The second-order valence-corrected chi connectivity index (χ2v) is 2.00. The molecule has 0 aliphatic rings. The van der Waals surface area contributed by atoms with Gasteiger partial charge >= 0.3 is 0 Å². The molecule has 1 N–H and O–H groups in total. The molecule has 1 aromatic heterocycles. The van der Waals surface area contributed by atoms with E-state index in [1.165, 1.54) is 12.1 Å². The predicted octanol–water partition coefficient (Wildman–Crippen LogP) is 0.580. The Balaban J connectivity index is 3.11. The minimum absolute atomic E-state index is 0.0252. The van der Waals surface area contributed by atoms with Crippen LogP contribution in [-0.4, -0.2) is 4.98 Å². The first-order valence-electron chi connectivity index (χ1n) is 2.98. The summed E-state index contributed by atoms with van der Waals surface area (Å²) in [5.41, 5.74) is -0.281. The number of aromatic amines is 1. The number of hydrogen-bond acceptors (Lipinski definition) is 2. The lowest BCUT2D eigenvalue weighted by atomic mass is 10.2. The maximum absolute atomic E-state index is 12.6. The first kappa shape index (κ1) is 7.48. The largest absolute Gasteiger partial charge is 0.299 e. The van der Waals surface area contributed by atoms with Gasteiger partial charge in [-0.3, -0.25) is 9.78 Å². The van der Waals surface area contributed by atoms with Crippen molar-refractivity contribution < 1.29 is 4.39 Å². The van der Waals surface area contributed by atoms with Crippen LogP contribution in [0.25, 0.3) is 0 Å². The Bertz CT molecular complexity index is 350. The zero-order valence-electron chi connectivity index (χ0n) is 5.60. The predicted molar refractivity (Wildman–Crippen MR) is 36.3 cm³/mol. The lowest BCUT2D eigenvalue weighted by molar-refractivity contribution is 0.567. The average Bonchev–Trinajstić information content (AvgIpc) is 1.95. The van der Waals surface area contributed by atoms with Crippen LogP contribution in [0, 0.1) is 17.3 Å². The Morgan fingerprint density at radius 1 is 1.64 bits per heavy atom.